The number of nitrogens with zero attached hydrogens (tertiary/aromatic N) is 2. The number of hydrogen-bond acceptors (Lipinski definition) is 6. The molecule has 0 fully saturated rings. The van der Waals surface area contributed by atoms with E-state index in [1.54, 1.807) is 44.7 Å². The van der Waals surface area contributed by atoms with Crippen molar-refractivity contribution >= 4 is 12.1 Å². The summed E-state index contributed by atoms with van der Waals surface area (Å²) in [4.78, 5) is 25.3. The molecule has 0 aliphatic heterocycles. The molecule has 1 aromatic heterocycles. The van der Waals surface area contributed by atoms with Crippen molar-refractivity contribution in [1.29, 1.82) is 0 Å². The Morgan fingerprint density at radius 2 is 1.82 bits per heavy atom. The van der Waals surface area contributed by atoms with E-state index in [1.165, 1.54) is 16.8 Å². The number of aromatic nitrogens is 1. The van der Waals surface area contributed by atoms with Crippen LogP contribution in [0.25, 0.3) is 0 Å². The van der Waals surface area contributed by atoms with E-state index in [2.05, 4.69) is 10.5 Å². The Morgan fingerprint density at radius 1 is 1.06 bits per heavy atom. The number of hydrogen-bond donors (Lipinski definition) is 1. The van der Waals surface area contributed by atoms with Gasteiger partial charge >= 0.3 is 0 Å². The number of pyridine rings is 1. The van der Waals surface area contributed by atoms with Gasteiger partial charge in [-0.05, 0) is 67.4 Å². The molecule has 0 unspecified atom stereocenters. The third-order valence-corrected chi connectivity index (χ3v) is 4.71. The van der Waals surface area contributed by atoms with Gasteiger partial charge in [-0.3, -0.25) is 9.59 Å². The fraction of sp³-hybridized carbons (Fsp3) is 0.240. The maximum absolute atomic E-state index is 12.8. The second kappa shape index (κ2) is 11.0. The number of carbonyl (C=O) groups excluding carboxylic acids is 1. The van der Waals surface area contributed by atoms with Crippen LogP contribution in [0.15, 0.2) is 70.7 Å². The molecular weight excluding hydrogens is 422 g/mol. The summed E-state index contributed by atoms with van der Waals surface area (Å²) in [7, 11) is 3.16. The molecule has 0 aliphatic carbocycles. The molecule has 0 aliphatic rings. The van der Waals surface area contributed by atoms with E-state index in [1.807, 2.05) is 38.1 Å². The van der Waals surface area contributed by atoms with Gasteiger partial charge in [-0.15, -0.1) is 0 Å². The fourth-order valence-electron chi connectivity index (χ4n) is 3.11. The molecule has 0 spiro atoms. The molecule has 8 nitrogen and oxygen atoms in total. The lowest BCUT2D eigenvalue weighted by Gasteiger charge is -2.13. The monoisotopic (exact) mass is 449 g/mol. The Kier molecular flexibility index (Phi) is 7.86. The van der Waals surface area contributed by atoms with Gasteiger partial charge in [-0.2, -0.15) is 5.10 Å². The SMILES string of the molecule is COc1ccc(Cn2cccc(C(=O)N/N=C\c3ccc(OC)c(OC(C)C)c3)c2=O)cc1. The minimum absolute atomic E-state index is 0.00160. The summed E-state index contributed by atoms with van der Waals surface area (Å²) in [5, 5.41) is 3.98. The summed E-state index contributed by atoms with van der Waals surface area (Å²) in [6.45, 7) is 4.17. The molecule has 2 aromatic carbocycles. The van der Waals surface area contributed by atoms with Crippen molar-refractivity contribution in [3.8, 4) is 17.2 Å². The molecule has 0 bridgehead atoms. The Bertz CT molecular complexity index is 1180. The van der Waals surface area contributed by atoms with E-state index in [-0.39, 0.29) is 11.7 Å². The molecule has 3 aromatic rings. The quantitative estimate of drug-likeness (QED) is 0.399. The Hall–Kier alpha value is -4.07. The number of amides is 1. The number of benzene rings is 2. The standard InChI is InChI=1S/C25H27N3O5/c1-17(2)33-23-14-19(9-12-22(23)32-4)15-26-27-24(29)21-6-5-13-28(25(21)30)16-18-7-10-20(31-3)11-8-18/h5-15,17H,16H2,1-4H3,(H,27,29)/b26-15-. The minimum atomic E-state index is -0.590. The van der Waals surface area contributed by atoms with Crippen LogP contribution in [0.2, 0.25) is 0 Å². The van der Waals surface area contributed by atoms with Crippen molar-refractivity contribution < 1.29 is 19.0 Å². The highest BCUT2D eigenvalue weighted by atomic mass is 16.5. The molecule has 3 rings (SSSR count). The first-order chi connectivity index (χ1) is 15.9. The summed E-state index contributed by atoms with van der Waals surface area (Å²) < 4.78 is 17.7. The number of rotatable bonds is 9. The van der Waals surface area contributed by atoms with E-state index < -0.39 is 11.5 Å². The predicted molar refractivity (Wildman–Crippen MR) is 127 cm³/mol. The number of carbonyl (C=O) groups is 1. The maximum Gasteiger partial charge on any atom is 0.276 e. The highest BCUT2D eigenvalue weighted by molar-refractivity contribution is 5.94. The average Bonchev–Trinajstić information content (AvgIpc) is 2.80. The first-order valence-electron chi connectivity index (χ1n) is 10.4. The van der Waals surface area contributed by atoms with Gasteiger partial charge in [0.2, 0.25) is 0 Å². The minimum Gasteiger partial charge on any atom is -0.497 e. The zero-order valence-electron chi connectivity index (χ0n) is 19.1. The van der Waals surface area contributed by atoms with Crippen LogP contribution in [-0.4, -0.2) is 37.0 Å². The number of ether oxygens (including phenoxy) is 3. The van der Waals surface area contributed by atoms with Crippen molar-refractivity contribution in [3.63, 3.8) is 0 Å². The molecule has 1 N–H and O–H groups in total. The van der Waals surface area contributed by atoms with Gasteiger partial charge in [0, 0.05) is 6.20 Å². The second-order valence-corrected chi connectivity index (χ2v) is 7.48. The third-order valence-electron chi connectivity index (χ3n) is 4.71. The van der Waals surface area contributed by atoms with Crippen LogP contribution < -0.4 is 25.2 Å². The van der Waals surface area contributed by atoms with Gasteiger partial charge in [0.25, 0.3) is 11.5 Å². The lowest BCUT2D eigenvalue weighted by atomic mass is 10.2. The lowest BCUT2D eigenvalue weighted by Crippen LogP contribution is -2.30. The van der Waals surface area contributed by atoms with Crippen LogP contribution in [0.3, 0.4) is 0 Å². The summed E-state index contributed by atoms with van der Waals surface area (Å²) >= 11 is 0. The first-order valence-corrected chi connectivity index (χ1v) is 10.4. The molecule has 0 saturated heterocycles. The molecule has 8 heteroatoms. The van der Waals surface area contributed by atoms with Crippen LogP contribution in [0, 0.1) is 0 Å². The second-order valence-electron chi connectivity index (χ2n) is 7.48. The molecule has 0 atom stereocenters. The van der Waals surface area contributed by atoms with E-state index in [4.69, 9.17) is 14.2 Å². The maximum atomic E-state index is 12.8. The van der Waals surface area contributed by atoms with Crippen LogP contribution >= 0.6 is 0 Å². The van der Waals surface area contributed by atoms with Crippen LogP contribution in [0.4, 0.5) is 0 Å². The molecule has 1 heterocycles. The Morgan fingerprint density at radius 3 is 2.48 bits per heavy atom. The summed E-state index contributed by atoms with van der Waals surface area (Å²) in [5.41, 5.74) is 3.62. The van der Waals surface area contributed by atoms with Crippen LogP contribution in [-0.2, 0) is 6.54 Å². The van der Waals surface area contributed by atoms with Crippen LogP contribution in [0.5, 0.6) is 17.2 Å². The van der Waals surface area contributed by atoms with Crippen molar-refractivity contribution in [1.82, 2.24) is 9.99 Å². The van der Waals surface area contributed by atoms with Crippen molar-refractivity contribution in [2.24, 2.45) is 5.10 Å². The number of methoxy groups -OCH3 is 2. The first kappa shape index (κ1) is 23.6. The van der Waals surface area contributed by atoms with Gasteiger partial charge in [0.05, 0.1) is 33.1 Å². The summed E-state index contributed by atoms with van der Waals surface area (Å²) in [6.07, 6.45) is 3.09. The van der Waals surface area contributed by atoms with Gasteiger partial charge in [0.15, 0.2) is 11.5 Å². The van der Waals surface area contributed by atoms with Gasteiger partial charge in [-0.1, -0.05) is 12.1 Å². The number of nitrogens with one attached hydrogen (secondary N) is 1. The molecular formula is C25H27N3O5. The van der Waals surface area contributed by atoms with Crippen molar-refractivity contribution in [2.45, 2.75) is 26.5 Å². The normalized spacial score (nSPS) is 10.9. The van der Waals surface area contributed by atoms with Gasteiger partial charge < -0.3 is 18.8 Å². The number of hydrazone groups is 1. The van der Waals surface area contributed by atoms with E-state index in [0.717, 1.165) is 11.3 Å². The van der Waals surface area contributed by atoms with E-state index >= 15 is 0 Å². The third kappa shape index (κ3) is 6.22. The van der Waals surface area contributed by atoms with Gasteiger partial charge in [0.1, 0.15) is 11.3 Å². The molecule has 1 amide bonds. The zero-order valence-corrected chi connectivity index (χ0v) is 19.1. The smallest absolute Gasteiger partial charge is 0.276 e. The fourth-order valence-corrected chi connectivity index (χ4v) is 3.11. The molecule has 172 valence electrons. The lowest BCUT2D eigenvalue weighted by molar-refractivity contribution is 0.0953. The zero-order chi connectivity index (χ0) is 23.8. The average molecular weight is 450 g/mol. The summed E-state index contributed by atoms with van der Waals surface area (Å²) in [5.74, 6) is 1.32. The van der Waals surface area contributed by atoms with Gasteiger partial charge in [-0.25, -0.2) is 5.43 Å². The summed E-state index contributed by atoms with van der Waals surface area (Å²) in [6, 6.07) is 15.8. The molecule has 33 heavy (non-hydrogen) atoms. The highest BCUT2D eigenvalue weighted by Crippen LogP contribution is 2.28. The molecule has 0 radical (unpaired) electrons. The van der Waals surface area contributed by atoms with Crippen molar-refractivity contribution in [3.05, 3.63) is 87.8 Å². The van der Waals surface area contributed by atoms with E-state index in [0.29, 0.717) is 23.6 Å². The largest absolute Gasteiger partial charge is 0.497 e. The predicted octanol–water partition coefficient (Wildman–Crippen LogP) is 3.46. The highest BCUT2D eigenvalue weighted by Gasteiger charge is 2.12. The topological polar surface area (TPSA) is 91.2 Å². The molecule has 0 saturated carbocycles. The van der Waals surface area contributed by atoms with Crippen LogP contribution in [0.1, 0.15) is 35.3 Å². The van der Waals surface area contributed by atoms with E-state index in [9.17, 15) is 9.59 Å². The van der Waals surface area contributed by atoms with Crippen molar-refractivity contribution in [2.75, 3.05) is 14.2 Å². The Labute approximate surface area is 192 Å². The Balaban J connectivity index is 1.71.